The van der Waals surface area contributed by atoms with Crippen molar-refractivity contribution in [2.75, 3.05) is 12.4 Å². The SMILES string of the molecule is CC(C)(C#N)CNS(=O)(=O)c1ccc(CCCl)cc1. The monoisotopic (exact) mass is 300 g/mol. The van der Waals surface area contributed by atoms with Crippen molar-refractivity contribution in [2.45, 2.75) is 25.2 Å². The van der Waals surface area contributed by atoms with Crippen molar-refractivity contribution >= 4 is 21.6 Å². The minimum Gasteiger partial charge on any atom is -0.210 e. The molecule has 0 fully saturated rings. The molecule has 1 aromatic carbocycles. The van der Waals surface area contributed by atoms with E-state index in [0.29, 0.717) is 12.3 Å². The number of sulfonamides is 1. The van der Waals surface area contributed by atoms with Crippen LogP contribution in [0.4, 0.5) is 0 Å². The molecule has 1 N–H and O–H groups in total. The maximum absolute atomic E-state index is 12.0. The predicted molar refractivity (Wildman–Crippen MR) is 75.4 cm³/mol. The van der Waals surface area contributed by atoms with E-state index in [0.717, 1.165) is 5.56 Å². The predicted octanol–water partition coefficient (Wildman–Crippen LogP) is 2.30. The topological polar surface area (TPSA) is 70.0 Å². The maximum Gasteiger partial charge on any atom is 0.240 e. The Hall–Kier alpha value is -1.09. The van der Waals surface area contributed by atoms with Gasteiger partial charge in [-0.2, -0.15) is 5.26 Å². The molecule has 0 radical (unpaired) electrons. The first kappa shape index (κ1) is 16.0. The summed E-state index contributed by atoms with van der Waals surface area (Å²) in [5, 5.41) is 8.86. The number of benzene rings is 1. The Morgan fingerprint density at radius 1 is 1.32 bits per heavy atom. The Balaban J connectivity index is 2.81. The molecule has 1 rings (SSSR count). The molecule has 0 saturated carbocycles. The van der Waals surface area contributed by atoms with Gasteiger partial charge in [-0.25, -0.2) is 13.1 Å². The summed E-state index contributed by atoms with van der Waals surface area (Å²) in [5.41, 5.74) is 0.261. The number of rotatable bonds is 6. The first-order chi connectivity index (χ1) is 8.80. The van der Waals surface area contributed by atoms with Crippen LogP contribution < -0.4 is 4.72 Å². The lowest BCUT2D eigenvalue weighted by Gasteiger charge is -2.16. The van der Waals surface area contributed by atoms with Crippen LogP contribution in [0.1, 0.15) is 19.4 Å². The third kappa shape index (κ3) is 4.83. The molecule has 0 aliphatic carbocycles. The van der Waals surface area contributed by atoms with Crippen LogP contribution in [0.25, 0.3) is 0 Å². The van der Waals surface area contributed by atoms with Crippen molar-refractivity contribution in [3.05, 3.63) is 29.8 Å². The summed E-state index contributed by atoms with van der Waals surface area (Å²) in [6.45, 7) is 3.44. The van der Waals surface area contributed by atoms with E-state index in [1.165, 1.54) is 0 Å². The molecule has 0 saturated heterocycles. The molecule has 104 valence electrons. The Kier molecular flexibility index (Phi) is 5.36. The second-order valence-electron chi connectivity index (χ2n) is 4.90. The van der Waals surface area contributed by atoms with E-state index in [-0.39, 0.29) is 11.4 Å². The normalized spacial score (nSPS) is 12.1. The number of nitrogens with one attached hydrogen (secondary N) is 1. The maximum atomic E-state index is 12.0. The minimum absolute atomic E-state index is 0.0786. The van der Waals surface area contributed by atoms with Crippen LogP contribution in [0.15, 0.2) is 29.2 Å². The Labute approximate surface area is 119 Å². The van der Waals surface area contributed by atoms with Crippen molar-refractivity contribution in [2.24, 2.45) is 5.41 Å². The van der Waals surface area contributed by atoms with Crippen LogP contribution in [0.2, 0.25) is 0 Å². The number of nitrogens with zero attached hydrogens (tertiary/aromatic N) is 1. The van der Waals surface area contributed by atoms with Gasteiger partial charge in [0.25, 0.3) is 0 Å². The minimum atomic E-state index is -3.57. The van der Waals surface area contributed by atoms with Crippen LogP contribution in [0, 0.1) is 16.7 Å². The van der Waals surface area contributed by atoms with Gasteiger partial charge in [-0.3, -0.25) is 0 Å². The first-order valence-electron chi connectivity index (χ1n) is 5.86. The van der Waals surface area contributed by atoms with E-state index in [4.69, 9.17) is 16.9 Å². The van der Waals surface area contributed by atoms with Gasteiger partial charge < -0.3 is 0 Å². The second-order valence-corrected chi connectivity index (χ2v) is 7.05. The fourth-order valence-corrected chi connectivity index (χ4v) is 2.77. The van der Waals surface area contributed by atoms with Crippen LogP contribution in [0.5, 0.6) is 0 Å². The molecule has 0 unspecified atom stereocenters. The molecular formula is C13H17ClN2O2S. The van der Waals surface area contributed by atoms with Crippen LogP contribution in [-0.2, 0) is 16.4 Å². The molecule has 4 nitrogen and oxygen atoms in total. The summed E-state index contributed by atoms with van der Waals surface area (Å²) in [5.74, 6) is 0.501. The Morgan fingerprint density at radius 3 is 2.37 bits per heavy atom. The molecule has 0 spiro atoms. The molecule has 0 aliphatic heterocycles. The second kappa shape index (κ2) is 6.38. The standard InChI is InChI=1S/C13H17ClN2O2S/c1-13(2,9-15)10-16-19(17,18)12-5-3-11(4-6-12)7-8-14/h3-6,16H,7-8,10H2,1-2H3. The highest BCUT2D eigenvalue weighted by atomic mass is 35.5. The fraction of sp³-hybridized carbons (Fsp3) is 0.462. The highest BCUT2D eigenvalue weighted by molar-refractivity contribution is 7.89. The van der Waals surface area contributed by atoms with Gasteiger partial charge in [-0.05, 0) is 38.0 Å². The zero-order valence-electron chi connectivity index (χ0n) is 11.0. The molecule has 6 heteroatoms. The quantitative estimate of drug-likeness (QED) is 0.820. The average molecular weight is 301 g/mol. The lowest BCUT2D eigenvalue weighted by molar-refractivity contribution is 0.479. The fourth-order valence-electron chi connectivity index (χ4n) is 1.34. The van der Waals surface area contributed by atoms with E-state index < -0.39 is 15.4 Å². The Bertz CT molecular complexity index is 559. The van der Waals surface area contributed by atoms with Gasteiger partial charge in [-0.1, -0.05) is 12.1 Å². The van der Waals surface area contributed by atoms with Gasteiger partial charge in [0.15, 0.2) is 0 Å². The zero-order chi connectivity index (χ0) is 14.5. The van der Waals surface area contributed by atoms with Gasteiger partial charge in [-0.15, -0.1) is 11.6 Å². The third-order valence-electron chi connectivity index (χ3n) is 2.62. The van der Waals surface area contributed by atoms with Crippen molar-refractivity contribution < 1.29 is 8.42 Å². The molecule has 1 aromatic rings. The summed E-state index contributed by atoms with van der Waals surface area (Å²) >= 11 is 5.62. The van der Waals surface area contributed by atoms with Gasteiger partial charge in [0, 0.05) is 12.4 Å². The number of hydrogen-bond acceptors (Lipinski definition) is 3. The van der Waals surface area contributed by atoms with Crippen molar-refractivity contribution in [1.29, 1.82) is 5.26 Å². The van der Waals surface area contributed by atoms with Crippen molar-refractivity contribution in [1.82, 2.24) is 4.72 Å². The average Bonchev–Trinajstić information content (AvgIpc) is 2.38. The number of aryl methyl sites for hydroxylation is 1. The summed E-state index contributed by atoms with van der Waals surface area (Å²) < 4.78 is 26.5. The van der Waals surface area contributed by atoms with Gasteiger partial charge in [0.05, 0.1) is 16.4 Å². The molecule has 19 heavy (non-hydrogen) atoms. The van der Waals surface area contributed by atoms with Crippen molar-refractivity contribution in [3.63, 3.8) is 0 Å². The van der Waals surface area contributed by atoms with Gasteiger partial charge in [0.2, 0.25) is 10.0 Å². The Morgan fingerprint density at radius 2 is 1.89 bits per heavy atom. The smallest absolute Gasteiger partial charge is 0.210 e. The number of alkyl halides is 1. The molecule has 0 aliphatic rings. The van der Waals surface area contributed by atoms with E-state index >= 15 is 0 Å². The molecule has 0 amide bonds. The number of nitriles is 1. The molecule has 0 heterocycles. The van der Waals surface area contributed by atoms with Crippen LogP contribution >= 0.6 is 11.6 Å². The van der Waals surface area contributed by atoms with Gasteiger partial charge in [0.1, 0.15) is 0 Å². The first-order valence-corrected chi connectivity index (χ1v) is 7.88. The van der Waals surface area contributed by atoms with Crippen LogP contribution in [-0.4, -0.2) is 20.8 Å². The number of hydrogen-bond donors (Lipinski definition) is 1. The van der Waals surface area contributed by atoms with E-state index in [1.807, 2.05) is 6.07 Å². The lowest BCUT2D eigenvalue weighted by Crippen LogP contribution is -2.33. The summed E-state index contributed by atoms with van der Waals surface area (Å²) in [4.78, 5) is 0.194. The summed E-state index contributed by atoms with van der Waals surface area (Å²) in [6, 6.07) is 8.62. The van der Waals surface area contributed by atoms with E-state index in [1.54, 1.807) is 38.1 Å². The molecular weight excluding hydrogens is 284 g/mol. The van der Waals surface area contributed by atoms with E-state index in [2.05, 4.69) is 4.72 Å². The van der Waals surface area contributed by atoms with E-state index in [9.17, 15) is 8.42 Å². The summed E-state index contributed by atoms with van der Waals surface area (Å²) in [6.07, 6.45) is 0.705. The number of halogens is 1. The van der Waals surface area contributed by atoms with Gasteiger partial charge >= 0.3 is 0 Å². The third-order valence-corrected chi connectivity index (χ3v) is 4.23. The highest BCUT2D eigenvalue weighted by Gasteiger charge is 2.21. The zero-order valence-corrected chi connectivity index (χ0v) is 12.6. The molecule has 0 bridgehead atoms. The lowest BCUT2D eigenvalue weighted by atomic mass is 9.97. The summed E-state index contributed by atoms with van der Waals surface area (Å²) in [7, 11) is -3.57. The van der Waals surface area contributed by atoms with Crippen molar-refractivity contribution in [3.8, 4) is 6.07 Å². The molecule has 0 aromatic heterocycles. The largest absolute Gasteiger partial charge is 0.240 e. The highest BCUT2D eigenvalue weighted by Crippen LogP contribution is 2.15. The van der Waals surface area contributed by atoms with Crippen LogP contribution in [0.3, 0.4) is 0 Å². The molecule has 0 atom stereocenters.